The van der Waals surface area contributed by atoms with Gasteiger partial charge in [0.1, 0.15) is 0 Å². The summed E-state index contributed by atoms with van der Waals surface area (Å²) >= 11 is 0. The van der Waals surface area contributed by atoms with Crippen LogP contribution in [0.15, 0.2) is 0 Å². The average molecular weight is 184 g/mol. The van der Waals surface area contributed by atoms with E-state index in [0.717, 1.165) is 5.92 Å². The summed E-state index contributed by atoms with van der Waals surface area (Å²) in [5.41, 5.74) is 0.212. The van der Waals surface area contributed by atoms with Crippen molar-refractivity contribution in [3.63, 3.8) is 0 Å². The molecule has 0 spiro atoms. The molecule has 1 heteroatoms. The second-order valence-electron chi connectivity index (χ2n) is 5.07. The lowest BCUT2D eigenvalue weighted by atomic mass is 9.78. The maximum Gasteiger partial charge on any atom is 0.0484 e. The number of rotatable bonds is 5. The largest absolute Gasteiger partial charge is 0.396 e. The summed E-state index contributed by atoms with van der Waals surface area (Å²) in [5, 5.41) is 9.38. The van der Waals surface area contributed by atoms with E-state index in [9.17, 15) is 5.11 Å². The zero-order chi connectivity index (χ0) is 9.73. The molecule has 1 aliphatic rings. The van der Waals surface area contributed by atoms with E-state index in [2.05, 4.69) is 13.8 Å². The standard InChI is InChI=1S/C12H24O/c1-3-8-12(2,10-13)9-11-6-4-5-7-11/h11,13H,3-10H2,1-2H3. The summed E-state index contributed by atoms with van der Waals surface area (Å²) in [4.78, 5) is 0. The molecule has 1 N–H and O–H groups in total. The Balaban J connectivity index is 2.36. The van der Waals surface area contributed by atoms with Gasteiger partial charge in [0, 0.05) is 6.61 Å². The molecule has 0 aromatic carbocycles. The van der Waals surface area contributed by atoms with E-state index in [4.69, 9.17) is 0 Å². The van der Waals surface area contributed by atoms with Crippen molar-refractivity contribution in [2.24, 2.45) is 11.3 Å². The Kier molecular flexibility index (Phi) is 4.24. The van der Waals surface area contributed by atoms with Crippen molar-refractivity contribution in [2.45, 2.75) is 58.8 Å². The monoisotopic (exact) mass is 184 g/mol. The van der Waals surface area contributed by atoms with Gasteiger partial charge in [0.2, 0.25) is 0 Å². The lowest BCUT2D eigenvalue weighted by Gasteiger charge is -2.29. The Hall–Kier alpha value is -0.0400. The molecule has 0 saturated heterocycles. The van der Waals surface area contributed by atoms with Gasteiger partial charge >= 0.3 is 0 Å². The molecule has 13 heavy (non-hydrogen) atoms. The molecule has 0 aliphatic heterocycles. The van der Waals surface area contributed by atoms with Crippen molar-refractivity contribution in [1.29, 1.82) is 0 Å². The molecule has 1 nitrogen and oxygen atoms in total. The van der Waals surface area contributed by atoms with E-state index in [1.165, 1.54) is 44.9 Å². The van der Waals surface area contributed by atoms with Gasteiger partial charge in [-0.3, -0.25) is 0 Å². The highest BCUT2D eigenvalue weighted by molar-refractivity contribution is 4.79. The minimum atomic E-state index is 0.212. The van der Waals surface area contributed by atoms with Gasteiger partial charge in [0.15, 0.2) is 0 Å². The van der Waals surface area contributed by atoms with Gasteiger partial charge in [-0.2, -0.15) is 0 Å². The molecule has 0 aromatic heterocycles. The maximum atomic E-state index is 9.38. The molecule has 0 heterocycles. The van der Waals surface area contributed by atoms with E-state index >= 15 is 0 Å². The molecular weight excluding hydrogens is 160 g/mol. The molecule has 0 aromatic rings. The molecular formula is C12H24O. The van der Waals surface area contributed by atoms with Crippen molar-refractivity contribution in [3.8, 4) is 0 Å². The summed E-state index contributed by atoms with van der Waals surface area (Å²) in [5.74, 6) is 0.906. The fourth-order valence-corrected chi connectivity index (χ4v) is 2.76. The lowest BCUT2D eigenvalue weighted by Crippen LogP contribution is -2.24. The smallest absolute Gasteiger partial charge is 0.0484 e. The Bertz CT molecular complexity index is 138. The van der Waals surface area contributed by atoms with Crippen LogP contribution in [0, 0.1) is 11.3 Å². The molecule has 1 rings (SSSR count). The average Bonchev–Trinajstić information content (AvgIpc) is 2.57. The summed E-state index contributed by atoms with van der Waals surface area (Å²) < 4.78 is 0. The second-order valence-corrected chi connectivity index (χ2v) is 5.07. The number of aliphatic hydroxyl groups is 1. The van der Waals surface area contributed by atoms with Gasteiger partial charge in [-0.1, -0.05) is 46.0 Å². The van der Waals surface area contributed by atoms with Crippen LogP contribution >= 0.6 is 0 Å². The topological polar surface area (TPSA) is 20.2 Å². The third-order valence-corrected chi connectivity index (χ3v) is 3.49. The molecule has 1 unspecified atom stereocenters. The van der Waals surface area contributed by atoms with Gasteiger partial charge in [-0.05, 0) is 24.2 Å². The molecule has 1 fully saturated rings. The van der Waals surface area contributed by atoms with E-state index in [1.54, 1.807) is 0 Å². The van der Waals surface area contributed by atoms with Crippen molar-refractivity contribution in [1.82, 2.24) is 0 Å². The zero-order valence-corrected chi connectivity index (χ0v) is 9.18. The van der Waals surface area contributed by atoms with E-state index in [1.807, 2.05) is 0 Å². The maximum absolute atomic E-state index is 9.38. The molecule has 0 radical (unpaired) electrons. The molecule has 1 atom stereocenters. The van der Waals surface area contributed by atoms with Gasteiger partial charge in [0.05, 0.1) is 0 Å². The molecule has 0 amide bonds. The van der Waals surface area contributed by atoms with Crippen molar-refractivity contribution in [2.75, 3.05) is 6.61 Å². The van der Waals surface area contributed by atoms with E-state index in [-0.39, 0.29) is 5.41 Å². The van der Waals surface area contributed by atoms with E-state index < -0.39 is 0 Å². The fourth-order valence-electron chi connectivity index (χ4n) is 2.76. The highest BCUT2D eigenvalue weighted by Crippen LogP contribution is 2.37. The van der Waals surface area contributed by atoms with Crippen LogP contribution in [-0.4, -0.2) is 11.7 Å². The van der Waals surface area contributed by atoms with Crippen LogP contribution in [0.2, 0.25) is 0 Å². The van der Waals surface area contributed by atoms with Crippen LogP contribution in [0.4, 0.5) is 0 Å². The Morgan fingerprint density at radius 2 is 1.92 bits per heavy atom. The van der Waals surface area contributed by atoms with Gasteiger partial charge in [-0.15, -0.1) is 0 Å². The first-order valence-corrected chi connectivity index (χ1v) is 5.81. The number of hydrogen-bond acceptors (Lipinski definition) is 1. The molecule has 78 valence electrons. The lowest BCUT2D eigenvalue weighted by molar-refractivity contribution is 0.103. The van der Waals surface area contributed by atoms with E-state index in [0.29, 0.717) is 6.61 Å². The van der Waals surface area contributed by atoms with Crippen molar-refractivity contribution in [3.05, 3.63) is 0 Å². The first-order chi connectivity index (χ1) is 6.20. The second kappa shape index (κ2) is 4.99. The third kappa shape index (κ3) is 3.30. The Morgan fingerprint density at radius 3 is 2.38 bits per heavy atom. The Morgan fingerprint density at radius 1 is 1.31 bits per heavy atom. The van der Waals surface area contributed by atoms with Gasteiger partial charge < -0.3 is 5.11 Å². The first kappa shape index (κ1) is 11.0. The number of hydrogen-bond donors (Lipinski definition) is 1. The predicted molar refractivity (Wildman–Crippen MR) is 56.7 cm³/mol. The normalized spacial score (nSPS) is 23.3. The van der Waals surface area contributed by atoms with Gasteiger partial charge in [-0.25, -0.2) is 0 Å². The number of aliphatic hydroxyl groups excluding tert-OH is 1. The van der Waals surface area contributed by atoms with Crippen LogP contribution in [0.25, 0.3) is 0 Å². The minimum Gasteiger partial charge on any atom is -0.396 e. The Labute approximate surface area is 82.5 Å². The quantitative estimate of drug-likeness (QED) is 0.694. The summed E-state index contributed by atoms with van der Waals surface area (Å²) in [6.45, 7) is 4.83. The first-order valence-electron chi connectivity index (χ1n) is 5.81. The highest BCUT2D eigenvalue weighted by Gasteiger charge is 2.28. The zero-order valence-electron chi connectivity index (χ0n) is 9.18. The molecule has 1 saturated carbocycles. The predicted octanol–water partition coefficient (Wildman–Crippen LogP) is 3.37. The van der Waals surface area contributed by atoms with Crippen molar-refractivity contribution < 1.29 is 5.11 Å². The summed E-state index contributed by atoms with van der Waals surface area (Å²) in [6, 6.07) is 0. The summed E-state index contributed by atoms with van der Waals surface area (Å²) in [7, 11) is 0. The highest BCUT2D eigenvalue weighted by atomic mass is 16.3. The SMILES string of the molecule is CCCC(C)(CO)CC1CCCC1. The fraction of sp³-hybridized carbons (Fsp3) is 1.00. The third-order valence-electron chi connectivity index (χ3n) is 3.49. The van der Waals surface area contributed by atoms with Gasteiger partial charge in [0.25, 0.3) is 0 Å². The molecule has 1 aliphatic carbocycles. The molecule has 0 bridgehead atoms. The van der Waals surface area contributed by atoms with Crippen LogP contribution in [-0.2, 0) is 0 Å². The van der Waals surface area contributed by atoms with Crippen LogP contribution < -0.4 is 0 Å². The summed E-state index contributed by atoms with van der Waals surface area (Å²) in [6.07, 6.45) is 9.26. The van der Waals surface area contributed by atoms with Crippen LogP contribution in [0.1, 0.15) is 58.8 Å². The van der Waals surface area contributed by atoms with Crippen LogP contribution in [0.3, 0.4) is 0 Å². The van der Waals surface area contributed by atoms with Crippen molar-refractivity contribution >= 4 is 0 Å². The van der Waals surface area contributed by atoms with Crippen LogP contribution in [0.5, 0.6) is 0 Å². The minimum absolute atomic E-state index is 0.212.